The lowest BCUT2D eigenvalue weighted by atomic mass is 9.65. The first-order chi connectivity index (χ1) is 22.7. The minimum absolute atomic E-state index is 0.0421. The number of allylic oxidation sites excluding steroid dienone is 4. The normalized spacial score (nSPS) is 19.9. The van der Waals surface area contributed by atoms with E-state index in [0.29, 0.717) is 17.1 Å². The van der Waals surface area contributed by atoms with E-state index in [1.54, 1.807) is 24.4 Å². The van der Waals surface area contributed by atoms with Crippen molar-refractivity contribution in [2.24, 2.45) is 11.1 Å². The number of hydrogen-bond donors (Lipinski definition) is 2. The van der Waals surface area contributed by atoms with E-state index in [4.69, 9.17) is 22.4 Å². The Morgan fingerprint density at radius 1 is 1.04 bits per heavy atom. The van der Waals surface area contributed by atoms with Gasteiger partial charge in [-0.2, -0.15) is 0 Å². The third kappa shape index (κ3) is 6.99. The SMILES string of the molecule is CCC1(C)C=CC2=C(C1)C(c1ccc(F)c(Cl)c1)Cc1c2ccc2ccccc12.NC1CCC1.O=C(O)c1ccc2ncccc2n1. The Labute approximate surface area is 280 Å². The molecule has 3 aliphatic carbocycles. The van der Waals surface area contributed by atoms with Crippen molar-refractivity contribution in [2.45, 2.75) is 64.3 Å². The highest BCUT2D eigenvalue weighted by atomic mass is 35.5. The Kier molecular flexibility index (Phi) is 9.53. The second-order valence-corrected chi connectivity index (χ2v) is 13.3. The number of carboxylic acids is 1. The van der Waals surface area contributed by atoms with E-state index in [0.717, 1.165) is 24.8 Å². The molecular weight excluding hydrogens is 609 g/mol. The molecule has 2 atom stereocenters. The van der Waals surface area contributed by atoms with Crippen LogP contribution in [0.15, 0.2) is 103 Å². The summed E-state index contributed by atoms with van der Waals surface area (Å²) in [7, 11) is 0. The highest BCUT2D eigenvalue weighted by molar-refractivity contribution is 6.30. The Balaban J connectivity index is 0.000000176. The molecule has 0 spiro atoms. The van der Waals surface area contributed by atoms with Gasteiger partial charge in [-0.25, -0.2) is 14.2 Å². The van der Waals surface area contributed by atoms with Crippen molar-refractivity contribution in [1.29, 1.82) is 0 Å². The summed E-state index contributed by atoms with van der Waals surface area (Å²) >= 11 is 6.18. The second-order valence-electron chi connectivity index (χ2n) is 12.9. The number of pyridine rings is 2. The van der Waals surface area contributed by atoms with Crippen molar-refractivity contribution in [2.75, 3.05) is 0 Å². The molecule has 5 aromatic rings. The van der Waals surface area contributed by atoms with Crippen LogP contribution in [0.2, 0.25) is 5.02 Å². The third-order valence-corrected chi connectivity index (χ3v) is 10.0. The minimum Gasteiger partial charge on any atom is -0.477 e. The van der Waals surface area contributed by atoms with Crippen LogP contribution in [0.25, 0.3) is 27.4 Å². The van der Waals surface area contributed by atoms with Gasteiger partial charge in [0.25, 0.3) is 0 Å². The Morgan fingerprint density at radius 2 is 1.83 bits per heavy atom. The fraction of sp³-hybridized carbons (Fsp3) is 0.275. The Hall–Kier alpha value is -4.39. The van der Waals surface area contributed by atoms with Gasteiger partial charge >= 0.3 is 5.97 Å². The summed E-state index contributed by atoms with van der Waals surface area (Å²) in [6.07, 6.45) is 13.3. The molecule has 1 fully saturated rings. The van der Waals surface area contributed by atoms with E-state index in [1.807, 2.05) is 12.1 Å². The summed E-state index contributed by atoms with van der Waals surface area (Å²) in [5.41, 5.74) is 13.5. The lowest BCUT2D eigenvalue weighted by Crippen LogP contribution is -2.27. The summed E-state index contributed by atoms with van der Waals surface area (Å²) in [4.78, 5) is 18.5. The summed E-state index contributed by atoms with van der Waals surface area (Å²) in [6, 6.07) is 25.5. The van der Waals surface area contributed by atoms with Gasteiger partial charge in [0.05, 0.1) is 16.1 Å². The predicted octanol–water partition coefficient (Wildman–Crippen LogP) is 9.93. The number of halogens is 2. The molecule has 0 saturated heterocycles. The zero-order chi connectivity index (χ0) is 33.1. The fourth-order valence-corrected chi connectivity index (χ4v) is 6.69. The Morgan fingerprint density at radius 3 is 2.53 bits per heavy atom. The van der Waals surface area contributed by atoms with Gasteiger partial charge in [0.2, 0.25) is 0 Å². The maximum atomic E-state index is 13.9. The topological polar surface area (TPSA) is 89.1 Å². The number of hydrogen-bond acceptors (Lipinski definition) is 4. The minimum atomic E-state index is -1.02. The van der Waals surface area contributed by atoms with Crippen LogP contribution in [0, 0.1) is 11.2 Å². The Bertz CT molecular complexity index is 2020. The summed E-state index contributed by atoms with van der Waals surface area (Å²) in [5, 5.41) is 11.4. The first-order valence-electron chi connectivity index (χ1n) is 16.2. The van der Waals surface area contributed by atoms with Gasteiger partial charge < -0.3 is 10.8 Å². The van der Waals surface area contributed by atoms with E-state index in [2.05, 4.69) is 72.4 Å². The van der Waals surface area contributed by atoms with Gasteiger partial charge in [-0.3, -0.25) is 4.98 Å². The van der Waals surface area contributed by atoms with Crippen molar-refractivity contribution < 1.29 is 14.3 Å². The zero-order valence-corrected chi connectivity index (χ0v) is 27.5. The highest BCUT2D eigenvalue weighted by Crippen LogP contribution is 2.51. The number of nitrogens with zero attached hydrogens (tertiary/aromatic N) is 2. The monoisotopic (exact) mass is 647 g/mol. The molecule has 0 aliphatic heterocycles. The van der Waals surface area contributed by atoms with Gasteiger partial charge in [-0.05, 0) is 107 Å². The van der Waals surface area contributed by atoms with Crippen LogP contribution in [0.5, 0.6) is 0 Å². The van der Waals surface area contributed by atoms with Crippen molar-refractivity contribution in [3.05, 3.63) is 136 Å². The standard InChI is InChI=1S/C27H24ClF.C9H6N2O2.C4H9N/c1-3-27(2)13-12-21-20-10-8-17-6-4-5-7-19(17)23(20)15-22(24(21)16-27)18-9-11-26(29)25(28)14-18;12-9(13)8-4-3-6-7(11-8)2-1-5-10-6;5-4-2-1-3-4/h4-14,22H,3,15-16H2,1-2H3;1-5H,(H,12,13);4H,1-3,5H2. The van der Waals surface area contributed by atoms with Crippen molar-refractivity contribution in [3.8, 4) is 0 Å². The number of aromatic nitrogens is 2. The van der Waals surface area contributed by atoms with E-state index in [9.17, 15) is 9.18 Å². The van der Waals surface area contributed by atoms with Crippen LogP contribution in [-0.4, -0.2) is 27.1 Å². The first kappa shape index (κ1) is 32.5. The van der Waals surface area contributed by atoms with Crippen molar-refractivity contribution in [1.82, 2.24) is 9.97 Å². The largest absolute Gasteiger partial charge is 0.477 e. The molecule has 3 aliphatic rings. The molecule has 1 saturated carbocycles. The summed E-state index contributed by atoms with van der Waals surface area (Å²) < 4.78 is 13.9. The lowest BCUT2D eigenvalue weighted by Gasteiger charge is -2.39. The number of rotatable bonds is 3. The quantitative estimate of drug-likeness (QED) is 0.203. The molecule has 2 heterocycles. The van der Waals surface area contributed by atoms with Crippen molar-refractivity contribution in [3.63, 3.8) is 0 Å². The average Bonchev–Trinajstić information content (AvgIpc) is 3.08. The third-order valence-electron chi connectivity index (χ3n) is 9.73. The lowest BCUT2D eigenvalue weighted by molar-refractivity contribution is 0.0691. The van der Waals surface area contributed by atoms with Crippen molar-refractivity contribution >= 4 is 44.9 Å². The fourth-order valence-electron chi connectivity index (χ4n) is 6.50. The molecule has 0 bridgehead atoms. The number of nitrogens with two attached hydrogens (primary N) is 1. The maximum absolute atomic E-state index is 13.9. The number of carboxylic acid groups (broad SMARTS) is 1. The van der Waals surface area contributed by atoms with E-state index in [1.165, 1.54) is 64.4 Å². The van der Waals surface area contributed by atoms with E-state index in [-0.39, 0.29) is 27.9 Å². The number of fused-ring (bicyclic) bond motifs is 5. The first-order valence-corrected chi connectivity index (χ1v) is 16.6. The van der Waals surface area contributed by atoms with Crippen LogP contribution in [0.1, 0.15) is 79.0 Å². The van der Waals surface area contributed by atoms with E-state index < -0.39 is 5.97 Å². The van der Waals surface area contributed by atoms with Gasteiger partial charge in [-0.15, -0.1) is 0 Å². The number of aromatic carboxylic acids is 1. The smallest absolute Gasteiger partial charge is 0.354 e. The maximum Gasteiger partial charge on any atom is 0.354 e. The zero-order valence-electron chi connectivity index (χ0n) is 26.7. The molecule has 47 heavy (non-hydrogen) atoms. The number of benzene rings is 3. The molecule has 8 rings (SSSR count). The molecule has 0 amide bonds. The van der Waals surface area contributed by atoms with E-state index >= 15 is 0 Å². The van der Waals surface area contributed by atoms with Gasteiger partial charge in [0.1, 0.15) is 11.5 Å². The molecule has 0 radical (unpaired) electrons. The highest BCUT2D eigenvalue weighted by Gasteiger charge is 2.35. The number of carbonyl (C=O) groups is 1. The van der Waals surface area contributed by atoms with Crippen LogP contribution >= 0.6 is 11.6 Å². The molecule has 7 heteroatoms. The average molecular weight is 648 g/mol. The predicted molar refractivity (Wildman–Crippen MR) is 189 cm³/mol. The molecule has 3 N–H and O–H groups in total. The second kappa shape index (κ2) is 13.8. The van der Waals surface area contributed by atoms with Crippen LogP contribution in [0.3, 0.4) is 0 Å². The van der Waals surface area contributed by atoms with Crippen LogP contribution in [0.4, 0.5) is 4.39 Å². The van der Waals surface area contributed by atoms with Gasteiger partial charge in [0.15, 0.2) is 0 Å². The van der Waals surface area contributed by atoms with Crippen LogP contribution < -0.4 is 5.73 Å². The molecule has 2 aromatic heterocycles. The molecule has 5 nitrogen and oxygen atoms in total. The van der Waals surface area contributed by atoms with Crippen LogP contribution in [-0.2, 0) is 6.42 Å². The molecule has 2 unspecified atom stereocenters. The summed E-state index contributed by atoms with van der Waals surface area (Å²) in [6.45, 7) is 4.59. The van der Waals surface area contributed by atoms with Gasteiger partial charge in [-0.1, -0.05) is 92.1 Å². The molecule has 240 valence electrons. The molecular formula is C40H39ClFN3O2. The molecule has 3 aromatic carbocycles. The summed E-state index contributed by atoms with van der Waals surface area (Å²) in [5.74, 6) is -1.16. The van der Waals surface area contributed by atoms with Gasteiger partial charge in [0, 0.05) is 18.2 Å².